The van der Waals surface area contributed by atoms with Crippen molar-refractivity contribution in [1.29, 1.82) is 0 Å². The van der Waals surface area contributed by atoms with E-state index in [9.17, 15) is 13.2 Å². The maximum absolute atomic E-state index is 13.3. The number of hydrogen-bond donors (Lipinski definition) is 2. The van der Waals surface area contributed by atoms with Crippen LogP contribution in [0.5, 0.6) is 0 Å². The van der Waals surface area contributed by atoms with Crippen molar-refractivity contribution in [2.45, 2.75) is 42.8 Å². The number of benzene rings is 1. The van der Waals surface area contributed by atoms with Crippen LogP contribution in [0.4, 0.5) is 0 Å². The summed E-state index contributed by atoms with van der Waals surface area (Å²) in [7, 11) is -4.06. The summed E-state index contributed by atoms with van der Waals surface area (Å²) in [6.45, 7) is 4.42. The van der Waals surface area contributed by atoms with Crippen LogP contribution in [-0.4, -0.2) is 47.5 Å². The maximum Gasteiger partial charge on any atom is 0.265 e. The summed E-state index contributed by atoms with van der Waals surface area (Å²) in [6.07, 6.45) is 3.88. The molecule has 1 aromatic carbocycles. The monoisotopic (exact) mass is 479 g/mol. The molecular weight excluding hydrogens is 454 g/mol. The average Bonchev–Trinajstić information content (AvgIpc) is 2.79. The van der Waals surface area contributed by atoms with E-state index in [1.165, 1.54) is 17.6 Å². The van der Waals surface area contributed by atoms with Crippen molar-refractivity contribution >= 4 is 28.2 Å². The van der Waals surface area contributed by atoms with Crippen molar-refractivity contribution in [2.24, 2.45) is 5.92 Å². The van der Waals surface area contributed by atoms with Crippen LogP contribution in [0.3, 0.4) is 0 Å². The van der Waals surface area contributed by atoms with E-state index in [2.05, 4.69) is 35.7 Å². The molecule has 2 N–H and O–H groups in total. The average molecular weight is 480 g/mol. The molecule has 0 spiro atoms. The largest absolute Gasteiger partial charge is 0.381 e. The fourth-order valence-electron chi connectivity index (χ4n) is 3.34. The molecule has 1 fully saturated rings. The van der Waals surface area contributed by atoms with Crippen LogP contribution in [-0.2, 0) is 19.4 Å². The van der Waals surface area contributed by atoms with E-state index in [0.717, 1.165) is 6.42 Å². The second kappa shape index (κ2) is 10.9. The van der Waals surface area contributed by atoms with Gasteiger partial charge in [-0.3, -0.25) is 15.0 Å². The molecule has 0 aliphatic carbocycles. The number of ether oxygens (including phenoxy) is 1. The Morgan fingerprint density at radius 1 is 1.19 bits per heavy atom. The number of amides is 1. The molecule has 0 radical (unpaired) electrons. The van der Waals surface area contributed by atoms with Crippen LogP contribution < -0.4 is 5.48 Å². The van der Waals surface area contributed by atoms with E-state index < -0.39 is 20.5 Å². The zero-order valence-corrected chi connectivity index (χ0v) is 19.5. The fraction of sp³-hybridized carbons (Fsp3) is 0.409. The molecular formula is C22H26ClN3O5S. The Bertz CT molecular complexity index is 1090. The number of hydroxylamine groups is 1. The smallest absolute Gasteiger partial charge is 0.265 e. The summed E-state index contributed by atoms with van der Waals surface area (Å²) in [5, 5.41) is 9.13. The lowest BCUT2D eigenvalue weighted by Gasteiger charge is -2.34. The summed E-state index contributed by atoms with van der Waals surface area (Å²) in [5.74, 6) is 5.56. The second-order valence-electron chi connectivity index (χ2n) is 7.76. The molecule has 172 valence electrons. The van der Waals surface area contributed by atoms with Gasteiger partial charge in [-0.25, -0.2) is 18.9 Å². The molecule has 3 rings (SSSR count). The van der Waals surface area contributed by atoms with Crippen molar-refractivity contribution in [3.05, 3.63) is 42.4 Å². The van der Waals surface area contributed by atoms with Gasteiger partial charge in [-0.05, 0) is 36.8 Å². The van der Waals surface area contributed by atoms with Crippen molar-refractivity contribution in [1.82, 2.24) is 15.4 Å². The van der Waals surface area contributed by atoms with E-state index in [1.54, 1.807) is 24.5 Å². The van der Waals surface area contributed by atoms with Gasteiger partial charge in [0.2, 0.25) is 0 Å². The van der Waals surface area contributed by atoms with Gasteiger partial charge in [-0.2, -0.15) is 0 Å². The number of nitrogens with one attached hydrogen (secondary N) is 1. The number of carbonyl (C=O) groups is 1. The molecule has 8 nitrogen and oxygen atoms in total. The molecule has 32 heavy (non-hydrogen) atoms. The summed E-state index contributed by atoms with van der Waals surface area (Å²) in [4.78, 5) is 21.0. The molecule has 1 aliphatic heterocycles. The number of hydrogen-bond acceptors (Lipinski definition) is 7. The third-order valence-electron chi connectivity index (χ3n) is 5.17. The molecule has 10 heteroatoms. The van der Waals surface area contributed by atoms with Crippen LogP contribution >= 0.6 is 12.4 Å². The molecule has 1 aliphatic rings. The number of aromatic nitrogens is 2. The Balaban J connectivity index is 0.00000363. The van der Waals surface area contributed by atoms with E-state index in [-0.39, 0.29) is 43.4 Å². The van der Waals surface area contributed by atoms with Gasteiger partial charge in [0.05, 0.1) is 23.0 Å². The number of sulfone groups is 1. The van der Waals surface area contributed by atoms with Gasteiger partial charge < -0.3 is 4.74 Å². The minimum absolute atomic E-state index is 0. The first kappa shape index (κ1) is 25.7. The van der Waals surface area contributed by atoms with Crippen molar-refractivity contribution in [3.63, 3.8) is 0 Å². The molecule has 1 saturated heterocycles. The van der Waals surface area contributed by atoms with Crippen LogP contribution in [0.15, 0.2) is 41.6 Å². The van der Waals surface area contributed by atoms with E-state index >= 15 is 0 Å². The number of nitrogens with zero attached hydrogens (tertiary/aromatic N) is 2. The summed E-state index contributed by atoms with van der Waals surface area (Å²) in [5.41, 5.74) is 3.34. The highest BCUT2D eigenvalue weighted by Gasteiger charge is 2.52. The minimum Gasteiger partial charge on any atom is -0.381 e. The van der Waals surface area contributed by atoms with Gasteiger partial charge in [-0.1, -0.05) is 31.9 Å². The molecule has 1 aromatic heterocycles. The maximum atomic E-state index is 13.3. The molecule has 2 aromatic rings. The predicted molar refractivity (Wildman–Crippen MR) is 121 cm³/mol. The van der Waals surface area contributed by atoms with Crippen LogP contribution in [0, 0.1) is 17.8 Å². The van der Waals surface area contributed by atoms with Crippen molar-refractivity contribution < 1.29 is 23.2 Å². The Hall–Kier alpha value is -2.51. The predicted octanol–water partition coefficient (Wildman–Crippen LogP) is 2.79. The normalized spacial score (nSPS) is 15.2. The van der Waals surface area contributed by atoms with Gasteiger partial charge in [-0.15, -0.1) is 12.4 Å². The highest BCUT2D eigenvalue weighted by Crippen LogP contribution is 2.35. The van der Waals surface area contributed by atoms with E-state index in [0.29, 0.717) is 22.9 Å². The van der Waals surface area contributed by atoms with Crippen LogP contribution in [0.25, 0.3) is 11.3 Å². The lowest BCUT2D eigenvalue weighted by atomic mass is 9.98. The molecule has 0 bridgehead atoms. The molecule has 2 heterocycles. The summed E-state index contributed by atoms with van der Waals surface area (Å²) < 4.78 is 30.0. The minimum atomic E-state index is -4.06. The standard InChI is InChI=1S/C22H25N3O5S.ClH/c1-16(2)4-3-5-18-14-24-20(15-23-18)17-6-8-19(9-7-17)31(28,29)22(21(26)25-27)10-12-30-13-11-22;/h6-9,14-16,27H,4,10-13H2,1-2H3,(H,25,26);1H. The zero-order chi connectivity index (χ0) is 22.5. The fourth-order valence-corrected chi connectivity index (χ4v) is 5.28. The van der Waals surface area contributed by atoms with Gasteiger partial charge in [0.25, 0.3) is 5.91 Å². The lowest BCUT2D eigenvalue weighted by molar-refractivity contribution is -0.134. The van der Waals surface area contributed by atoms with Gasteiger partial charge in [0.15, 0.2) is 14.6 Å². The van der Waals surface area contributed by atoms with Crippen molar-refractivity contribution in [3.8, 4) is 23.1 Å². The first-order chi connectivity index (χ1) is 14.8. The Morgan fingerprint density at radius 2 is 1.84 bits per heavy atom. The Kier molecular flexibility index (Phi) is 8.75. The first-order valence-electron chi connectivity index (χ1n) is 9.98. The molecule has 0 saturated carbocycles. The Labute approximate surface area is 194 Å². The van der Waals surface area contributed by atoms with Crippen LogP contribution in [0.1, 0.15) is 38.8 Å². The van der Waals surface area contributed by atoms with E-state index in [4.69, 9.17) is 9.94 Å². The number of carbonyl (C=O) groups excluding carboxylic acids is 1. The lowest BCUT2D eigenvalue weighted by Crippen LogP contribution is -2.54. The van der Waals surface area contributed by atoms with Gasteiger partial charge in [0.1, 0.15) is 5.69 Å². The van der Waals surface area contributed by atoms with E-state index in [1.807, 2.05) is 0 Å². The third kappa shape index (κ3) is 5.27. The van der Waals surface area contributed by atoms with Crippen LogP contribution in [0.2, 0.25) is 0 Å². The summed E-state index contributed by atoms with van der Waals surface area (Å²) in [6, 6.07) is 6.10. The number of halogens is 1. The van der Waals surface area contributed by atoms with Gasteiger partial charge in [0, 0.05) is 25.2 Å². The molecule has 0 unspecified atom stereocenters. The zero-order valence-electron chi connectivity index (χ0n) is 17.9. The first-order valence-corrected chi connectivity index (χ1v) is 11.5. The number of rotatable bonds is 5. The van der Waals surface area contributed by atoms with Gasteiger partial charge >= 0.3 is 0 Å². The quantitative estimate of drug-likeness (QED) is 0.384. The molecule has 0 atom stereocenters. The molecule has 1 amide bonds. The topological polar surface area (TPSA) is 118 Å². The highest BCUT2D eigenvalue weighted by molar-refractivity contribution is 7.93. The summed E-state index contributed by atoms with van der Waals surface area (Å²) >= 11 is 0. The van der Waals surface area contributed by atoms with Crippen molar-refractivity contribution in [2.75, 3.05) is 13.2 Å². The second-order valence-corrected chi connectivity index (χ2v) is 10.0. The highest BCUT2D eigenvalue weighted by atomic mass is 35.5. The third-order valence-corrected chi connectivity index (χ3v) is 7.68. The Morgan fingerprint density at radius 3 is 2.38 bits per heavy atom. The SMILES string of the molecule is CC(C)CC#Cc1cnc(-c2ccc(S(=O)(=O)C3(C(=O)NO)CCOCC3)cc2)cn1.Cl.